The molecule has 0 aromatic carbocycles. The van der Waals surface area contributed by atoms with Crippen molar-refractivity contribution >= 4 is 19.8 Å². The van der Waals surface area contributed by atoms with Gasteiger partial charge in [-0.25, -0.2) is 4.57 Å². The molecule has 0 spiro atoms. The molecular weight excluding hydrogens is 1130 g/mol. The Bertz CT molecular complexity index is 1890. The number of quaternary nitrogens is 1. The fraction of sp³-hybridized carbons (Fsp3) is 0.750. The summed E-state index contributed by atoms with van der Waals surface area (Å²) in [5.74, 6) is -0.808. The predicted molar refractivity (Wildman–Crippen MR) is 390 cm³/mol. The molecule has 0 saturated heterocycles. The van der Waals surface area contributed by atoms with Gasteiger partial charge in [-0.3, -0.25) is 18.6 Å². The van der Waals surface area contributed by atoms with Gasteiger partial charge < -0.3 is 18.9 Å². The Morgan fingerprint density at radius 1 is 0.356 bits per heavy atom. The highest BCUT2D eigenvalue weighted by atomic mass is 31.2. The van der Waals surface area contributed by atoms with Crippen molar-refractivity contribution < 1.29 is 42.1 Å². The Morgan fingerprint density at radius 2 is 0.633 bits per heavy atom. The summed E-state index contributed by atoms with van der Waals surface area (Å²) in [6, 6.07) is 0. The molecule has 0 aromatic heterocycles. The standard InChI is InChI=1S/C80H142NO8P/c1-6-8-10-12-14-16-18-20-22-24-26-28-30-32-34-36-38-39-40-41-43-44-46-48-50-52-54-56-58-60-62-64-66-68-70-72-79(82)86-76-78(77-88-90(84,85)87-75-74-81(3,4)5)89-80(83)73-71-69-67-65-63-61-59-57-55-53-51-49-47-45-42-37-35-33-31-29-27-25-23-21-19-17-15-13-11-9-7-2/h9,11,15,17,21,23-24,26-27,29,33,35,42,45,49,51,55,57,78H,6-8,10,12-14,16,18-20,22,25,28,30-32,34,36-41,43-44,46-48,50,52-54,56,58-77H2,1-5H3/p+1/b11-9-,17-15-,23-21-,26-24-,29-27-,35-33-,45-42-,51-49-,57-55-. The number of ether oxygens (including phenoxy) is 2. The van der Waals surface area contributed by atoms with E-state index in [1.807, 2.05) is 21.1 Å². The molecule has 10 heteroatoms. The van der Waals surface area contributed by atoms with Gasteiger partial charge in [0, 0.05) is 12.8 Å². The number of unbranched alkanes of at least 4 members (excludes halogenated alkanes) is 37. The second kappa shape index (κ2) is 70.0. The number of phosphoric ester groups is 1. The van der Waals surface area contributed by atoms with Crippen LogP contribution in [-0.4, -0.2) is 74.9 Å². The minimum Gasteiger partial charge on any atom is -0.462 e. The normalized spacial score (nSPS) is 13.7. The SMILES string of the molecule is CC/C=C\C/C=C\C/C=C\C/C=C\C/C=C\C/C=C\C/C=C\C/C=C\CCCCCCCCC(=O)OC(COC(=O)CCCCCCCCCCCCCCCCCCCCCCCCC/C=C\CCCCCCCCCC)COP(=O)(O)OCC[N+](C)(C)C. The highest BCUT2D eigenvalue weighted by Crippen LogP contribution is 2.43. The Balaban J connectivity index is 4.04. The molecule has 9 nitrogen and oxygen atoms in total. The zero-order valence-corrected chi connectivity index (χ0v) is 60.2. The molecule has 0 aliphatic heterocycles. The molecule has 2 unspecified atom stereocenters. The number of rotatable bonds is 69. The third-order valence-electron chi connectivity index (χ3n) is 16.3. The van der Waals surface area contributed by atoms with E-state index in [9.17, 15) is 19.0 Å². The molecular formula is C80H143NO8P+. The summed E-state index contributed by atoms with van der Waals surface area (Å²) >= 11 is 0. The lowest BCUT2D eigenvalue weighted by Crippen LogP contribution is -2.37. The minimum absolute atomic E-state index is 0.0246. The van der Waals surface area contributed by atoms with Gasteiger partial charge in [0.05, 0.1) is 27.7 Å². The van der Waals surface area contributed by atoms with Gasteiger partial charge in [0.15, 0.2) is 6.10 Å². The molecule has 0 aliphatic carbocycles. The number of nitrogens with zero attached hydrogens (tertiary/aromatic N) is 1. The summed E-state index contributed by atoms with van der Waals surface area (Å²) in [6.07, 6.45) is 99.3. The largest absolute Gasteiger partial charge is 0.472 e. The van der Waals surface area contributed by atoms with Gasteiger partial charge in [-0.15, -0.1) is 0 Å². The van der Waals surface area contributed by atoms with E-state index in [0.717, 1.165) is 109 Å². The van der Waals surface area contributed by atoms with E-state index in [2.05, 4.69) is 123 Å². The zero-order valence-electron chi connectivity index (χ0n) is 59.4. The maximum absolute atomic E-state index is 12.9. The van der Waals surface area contributed by atoms with Crippen molar-refractivity contribution in [2.75, 3.05) is 47.5 Å². The topological polar surface area (TPSA) is 108 Å². The van der Waals surface area contributed by atoms with Crippen LogP contribution in [0.2, 0.25) is 0 Å². The van der Waals surface area contributed by atoms with Gasteiger partial charge in [-0.1, -0.05) is 329 Å². The van der Waals surface area contributed by atoms with Crippen LogP contribution >= 0.6 is 7.82 Å². The first-order valence-electron chi connectivity index (χ1n) is 37.6. The van der Waals surface area contributed by atoms with E-state index >= 15 is 0 Å². The number of carbonyl (C=O) groups is 2. The van der Waals surface area contributed by atoms with Crippen LogP contribution in [0.25, 0.3) is 0 Å². The van der Waals surface area contributed by atoms with Gasteiger partial charge in [0.1, 0.15) is 19.8 Å². The first-order valence-corrected chi connectivity index (χ1v) is 39.1. The molecule has 0 rings (SSSR count). The number of carbonyl (C=O) groups excluding carboxylic acids is 2. The van der Waals surface area contributed by atoms with Crippen LogP contribution < -0.4 is 0 Å². The Labute approximate surface area is 556 Å². The van der Waals surface area contributed by atoms with Crippen LogP contribution in [0.4, 0.5) is 0 Å². The summed E-state index contributed by atoms with van der Waals surface area (Å²) in [6.45, 7) is 4.33. The van der Waals surface area contributed by atoms with Crippen LogP contribution in [0.1, 0.15) is 335 Å². The van der Waals surface area contributed by atoms with E-state index in [-0.39, 0.29) is 32.0 Å². The lowest BCUT2D eigenvalue weighted by Gasteiger charge is -2.24. The Morgan fingerprint density at radius 3 is 0.956 bits per heavy atom. The number of likely N-dealkylation sites (N-methyl/N-ethyl adjacent to an activating group) is 1. The zero-order chi connectivity index (χ0) is 65.5. The van der Waals surface area contributed by atoms with E-state index < -0.39 is 26.5 Å². The molecule has 0 heterocycles. The van der Waals surface area contributed by atoms with Crippen molar-refractivity contribution in [1.29, 1.82) is 0 Å². The number of hydrogen-bond acceptors (Lipinski definition) is 7. The lowest BCUT2D eigenvalue weighted by molar-refractivity contribution is -0.870. The van der Waals surface area contributed by atoms with Gasteiger partial charge in [-0.2, -0.15) is 0 Å². The smallest absolute Gasteiger partial charge is 0.462 e. The molecule has 0 radical (unpaired) electrons. The molecule has 520 valence electrons. The van der Waals surface area contributed by atoms with Crippen LogP contribution in [0, 0.1) is 0 Å². The molecule has 0 saturated carbocycles. The summed E-state index contributed by atoms with van der Waals surface area (Å²) in [5.41, 5.74) is 0. The minimum atomic E-state index is -4.40. The first kappa shape index (κ1) is 86.7. The maximum Gasteiger partial charge on any atom is 0.472 e. The Hall–Kier alpha value is -3.33. The highest BCUT2D eigenvalue weighted by molar-refractivity contribution is 7.47. The number of phosphoric acid groups is 1. The monoisotopic (exact) mass is 1280 g/mol. The van der Waals surface area contributed by atoms with Crippen molar-refractivity contribution in [2.45, 2.75) is 341 Å². The molecule has 90 heavy (non-hydrogen) atoms. The second-order valence-electron chi connectivity index (χ2n) is 26.3. The number of esters is 2. The molecule has 0 aromatic rings. The fourth-order valence-electron chi connectivity index (χ4n) is 10.6. The van der Waals surface area contributed by atoms with Crippen LogP contribution in [-0.2, 0) is 32.7 Å². The summed E-state index contributed by atoms with van der Waals surface area (Å²) in [7, 11) is 1.46. The van der Waals surface area contributed by atoms with E-state index in [1.165, 1.54) is 193 Å². The third-order valence-corrected chi connectivity index (χ3v) is 17.3. The van der Waals surface area contributed by atoms with Crippen molar-refractivity contribution in [2.24, 2.45) is 0 Å². The molecule has 0 amide bonds. The van der Waals surface area contributed by atoms with Gasteiger partial charge in [0.25, 0.3) is 0 Å². The highest BCUT2D eigenvalue weighted by Gasteiger charge is 2.27. The summed E-state index contributed by atoms with van der Waals surface area (Å²) < 4.78 is 34.7. The quantitative estimate of drug-likeness (QED) is 0.0211. The van der Waals surface area contributed by atoms with Crippen molar-refractivity contribution in [1.82, 2.24) is 0 Å². The van der Waals surface area contributed by atoms with Crippen molar-refractivity contribution in [3.8, 4) is 0 Å². The second-order valence-corrected chi connectivity index (χ2v) is 27.8. The van der Waals surface area contributed by atoms with Gasteiger partial charge in [0.2, 0.25) is 0 Å². The molecule has 0 bridgehead atoms. The van der Waals surface area contributed by atoms with E-state index in [0.29, 0.717) is 17.4 Å². The summed E-state index contributed by atoms with van der Waals surface area (Å²) in [5, 5.41) is 0. The average Bonchev–Trinajstić information content (AvgIpc) is 3.58. The van der Waals surface area contributed by atoms with E-state index in [4.69, 9.17) is 18.5 Å². The molecule has 1 N–H and O–H groups in total. The predicted octanol–water partition coefficient (Wildman–Crippen LogP) is 24.8. The fourth-order valence-corrected chi connectivity index (χ4v) is 11.3. The average molecular weight is 1280 g/mol. The Kier molecular flexibility index (Phi) is 67.4. The van der Waals surface area contributed by atoms with Crippen molar-refractivity contribution in [3.05, 3.63) is 109 Å². The first-order chi connectivity index (χ1) is 44.0. The molecule has 2 atom stereocenters. The van der Waals surface area contributed by atoms with Gasteiger partial charge >= 0.3 is 19.8 Å². The maximum atomic E-state index is 12.9. The molecule has 0 fully saturated rings. The number of allylic oxidation sites excluding steroid dienone is 18. The lowest BCUT2D eigenvalue weighted by atomic mass is 10.0. The summed E-state index contributed by atoms with van der Waals surface area (Å²) in [4.78, 5) is 35.9. The van der Waals surface area contributed by atoms with Crippen LogP contribution in [0.5, 0.6) is 0 Å². The van der Waals surface area contributed by atoms with Crippen LogP contribution in [0.3, 0.4) is 0 Å². The number of hydrogen-bond donors (Lipinski definition) is 1. The molecule has 0 aliphatic rings. The van der Waals surface area contributed by atoms with Crippen molar-refractivity contribution in [3.63, 3.8) is 0 Å². The third kappa shape index (κ3) is 73.7. The van der Waals surface area contributed by atoms with Crippen LogP contribution in [0.15, 0.2) is 109 Å². The van der Waals surface area contributed by atoms with Gasteiger partial charge in [-0.05, 0) is 103 Å². The van der Waals surface area contributed by atoms with E-state index in [1.54, 1.807) is 0 Å².